The SMILES string of the molecule is COc1cc(CNC(=O)COc2ccc(Oc3ccccc3)cc2)ccn1. The number of pyridine rings is 1. The highest BCUT2D eigenvalue weighted by Gasteiger charge is 2.05. The van der Waals surface area contributed by atoms with Crippen molar-refractivity contribution in [3.63, 3.8) is 0 Å². The zero-order valence-electron chi connectivity index (χ0n) is 14.9. The minimum absolute atomic E-state index is 0.0683. The van der Waals surface area contributed by atoms with Crippen molar-refractivity contribution < 1.29 is 19.0 Å². The van der Waals surface area contributed by atoms with Gasteiger partial charge in [0, 0.05) is 18.8 Å². The lowest BCUT2D eigenvalue weighted by Crippen LogP contribution is -2.28. The Morgan fingerprint density at radius 1 is 0.963 bits per heavy atom. The molecule has 6 nitrogen and oxygen atoms in total. The van der Waals surface area contributed by atoms with Gasteiger partial charge in [-0.2, -0.15) is 0 Å². The van der Waals surface area contributed by atoms with Crippen LogP contribution in [0.1, 0.15) is 5.56 Å². The summed E-state index contributed by atoms with van der Waals surface area (Å²) in [5.41, 5.74) is 0.901. The van der Waals surface area contributed by atoms with Gasteiger partial charge in [0.1, 0.15) is 17.2 Å². The summed E-state index contributed by atoms with van der Waals surface area (Å²) < 4.78 is 16.3. The van der Waals surface area contributed by atoms with Crippen molar-refractivity contribution in [3.05, 3.63) is 78.5 Å². The van der Waals surface area contributed by atoms with E-state index in [1.807, 2.05) is 36.4 Å². The van der Waals surface area contributed by atoms with Crippen LogP contribution >= 0.6 is 0 Å². The van der Waals surface area contributed by atoms with Gasteiger partial charge in [-0.3, -0.25) is 4.79 Å². The molecule has 6 heteroatoms. The van der Waals surface area contributed by atoms with Crippen molar-refractivity contribution >= 4 is 5.91 Å². The Morgan fingerprint density at radius 3 is 2.41 bits per heavy atom. The first kappa shape index (κ1) is 18.3. The predicted molar refractivity (Wildman–Crippen MR) is 101 cm³/mol. The second-order valence-corrected chi connectivity index (χ2v) is 5.66. The van der Waals surface area contributed by atoms with Crippen LogP contribution in [-0.2, 0) is 11.3 Å². The van der Waals surface area contributed by atoms with Crippen molar-refractivity contribution in [2.45, 2.75) is 6.54 Å². The zero-order chi connectivity index (χ0) is 18.9. The van der Waals surface area contributed by atoms with Gasteiger partial charge in [0.15, 0.2) is 6.61 Å². The molecule has 1 heterocycles. The first-order chi connectivity index (χ1) is 13.2. The lowest BCUT2D eigenvalue weighted by atomic mass is 10.2. The molecule has 0 saturated carbocycles. The number of carbonyl (C=O) groups is 1. The Hall–Kier alpha value is -3.54. The van der Waals surface area contributed by atoms with Crippen LogP contribution in [0, 0.1) is 0 Å². The van der Waals surface area contributed by atoms with Crippen molar-refractivity contribution in [3.8, 4) is 23.1 Å². The van der Waals surface area contributed by atoms with E-state index in [9.17, 15) is 4.79 Å². The smallest absolute Gasteiger partial charge is 0.258 e. The van der Waals surface area contributed by atoms with Gasteiger partial charge in [0.25, 0.3) is 5.91 Å². The Morgan fingerprint density at radius 2 is 1.67 bits per heavy atom. The highest BCUT2D eigenvalue weighted by atomic mass is 16.5. The van der Waals surface area contributed by atoms with Gasteiger partial charge in [0.2, 0.25) is 5.88 Å². The Labute approximate surface area is 157 Å². The van der Waals surface area contributed by atoms with Gasteiger partial charge in [-0.15, -0.1) is 0 Å². The number of nitrogens with zero attached hydrogens (tertiary/aromatic N) is 1. The quantitative estimate of drug-likeness (QED) is 0.662. The maximum atomic E-state index is 11.9. The molecule has 3 rings (SSSR count). The molecule has 27 heavy (non-hydrogen) atoms. The molecule has 0 aliphatic rings. The van der Waals surface area contributed by atoms with E-state index in [4.69, 9.17) is 14.2 Å². The molecule has 0 aliphatic heterocycles. The summed E-state index contributed by atoms with van der Waals surface area (Å²) in [6, 6.07) is 20.2. The summed E-state index contributed by atoms with van der Waals surface area (Å²) in [5, 5.41) is 2.79. The highest BCUT2D eigenvalue weighted by molar-refractivity contribution is 5.77. The maximum Gasteiger partial charge on any atom is 0.258 e. The van der Waals surface area contributed by atoms with Crippen LogP contribution in [0.25, 0.3) is 0 Å². The fraction of sp³-hybridized carbons (Fsp3) is 0.143. The predicted octanol–water partition coefficient (Wildman–Crippen LogP) is 3.58. The minimum Gasteiger partial charge on any atom is -0.484 e. The summed E-state index contributed by atoms with van der Waals surface area (Å²) in [5.74, 6) is 2.35. The molecule has 0 radical (unpaired) electrons. The van der Waals surface area contributed by atoms with E-state index in [-0.39, 0.29) is 12.5 Å². The summed E-state index contributed by atoms with van der Waals surface area (Å²) in [6.07, 6.45) is 1.63. The van der Waals surface area contributed by atoms with Crippen molar-refractivity contribution in [2.24, 2.45) is 0 Å². The molecule has 0 unspecified atom stereocenters. The lowest BCUT2D eigenvalue weighted by Gasteiger charge is -2.09. The average molecular weight is 364 g/mol. The lowest BCUT2D eigenvalue weighted by molar-refractivity contribution is -0.123. The summed E-state index contributed by atoms with van der Waals surface area (Å²) >= 11 is 0. The number of nitrogens with one attached hydrogen (secondary N) is 1. The van der Waals surface area contributed by atoms with E-state index in [0.717, 1.165) is 11.3 Å². The number of aromatic nitrogens is 1. The Kier molecular flexibility index (Phi) is 6.25. The minimum atomic E-state index is -0.213. The van der Waals surface area contributed by atoms with Gasteiger partial charge in [-0.05, 0) is 48.0 Å². The number of benzene rings is 2. The first-order valence-corrected chi connectivity index (χ1v) is 8.44. The van der Waals surface area contributed by atoms with Crippen LogP contribution in [0.2, 0.25) is 0 Å². The Bertz CT molecular complexity index is 867. The standard InChI is InChI=1S/C21H20N2O4/c1-25-21-13-16(11-12-22-21)14-23-20(24)15-26-17-7-9-19(10-8-17)27-18-5-3-2-4-6-18/h2-13H,14-15H2,1H3,(H,23,24). The molecule has 1 amide bonds. The van der Waals surface area contributed by atoms with E-state index in [1.54, 1.807) is 43.6 Å². The Balaban J connectivity index is 1.44. The van der Waals surface area contributed by atoms with E-state index >= 15 is 0 Å². The van der Waals surface area contributed by atoms with Gasteiger partial charge in [-0.25, -0.2) is 4.98 Å². The van der Waals surface area contributed by atoms with E-state index in [2.05, 4.69) is 10.3 Å². The molecule has 1 aromatic heterocycles. The third kappa shape index (κ3) is 5.74. The zero-order valence-corrected chi connectivity index (χ0v) is 14.9. The number of hydrogen-bond donors (Lipinski definition) is 1. The van der Waals surface area contributed by atoms with Crippen molar-refractivity contribution in [1.82, 2.24) is 10.3 Å². The molecule has 1 N–H and O–H groups in total. The number of methoxy groups -OCH3 is 1. The molecule has 0 atom stereocenters. The number of hydrogen-bond acceptors (Lipinski definition) is 5. The van der Waals surface area contributed by atoms with Crippen LogP contribution in [0.4, 0.5) is 0 Å². The fourth-order valence-corrected chi connectivity index (χ4v) is 2.30. The molecule has 3 aromatic rings. The summed E-state index contributed by atoms with van der Waals surface area (Å²) in [7, 11) is 1.55. The number of carbonyl (C=O) groups excluding carboxylic acids is 1. The van der Waals surface area contributed by atoms with Crippen LogP contribution < -0.4 is 19.5 Å². The van der Waals surface area contributed by atoms with Gasteiger partial charge in [-0.1, -0.05) is 18.2 Å². The van der Waals surface area contributed by atoms with Gasteiger partial charge < -0.3 is 19.5 Å². The third-order valence-electron chi connectivity index (χ3n) is 3.67. The van der Waals surface area contributed by atoms with Crippen molar-refractivity contribution in [1.29, 1.82) is 0 Å². The molecule has 2 aromatic carbocycles. The number of rotatable bonds is 8. The number of amides is 1. The van der Waals surface area contributed by atoms with E-state index in [0.29, 0.717) is 23.9 Å². The van der Waals surface area contributed by atoms with E-state index in [1.165, 1.54) is 0 Å². The second-order valence-electron chi connectivity index (χ2n) is 5.66. The molecular weight excluding hydrogens is 344 g/mol. The third-order valence-corrected chi connectivity index (χ3v) is 3.67. The van der Waals surface area contributed by atoms with Crippen LogP contribution in [0.3, 0.4) is 0 Å². The molecule has 0 fully saturated rings. The average Bonchev–Trinajstić information content (AvgIpc) is 2.72. The van der Waals surface area contributed by atoms with Crippen LogP contribution in [0.15, 0.2) is 72.9 Å². The maximum absolute atomic E-state index is 11.9. The monoisotopic (exact) mass is 364 g/mol. The van der Waals surface area contributed by atoms with Crippen LogP contribution in [0.5, 0.6) is 23.1 Å². The first-order valence-electron chi connectivity index (χ1n) is 8.44. The number of para-hydroxylation sites is 1. The molecule has 0 spiro atoms. The normalized spacial score (nSPS) is 10.1. The van der Waals surface area contributed by atoms with Crippen LogP contribution in [-0.4, -0.2) is 24.6 Å². The number of ether oxygens (including phenoxy) is 3. The fourth-order valence-electron chi connectivity index (χ4n) is 2.30. The largest absolute Gasteiger partial charge is 0.484 e. The van der Waals surface area contributed by atoms with Gasteiger partial charge >= 0.3 is 0 Å². The molecular formula is C21H20N2O4. The van der Waals surface area contributed by atoms with Crippen molar-refractivity contribution in [2.75, 3.05) is 13.7 Å². The molecule has 0 bridgehead atoms. The molecule has 0 saturated heterocycles. The second kappa shape index (κ2) is 9.24. The van der Waals surface area contributed by atoms with Gasteiger partial charge in [0.05, 0.1) is 7.11 Å². The summed E-state index contributed by atoms with van der Waals surface area (Å²) in [4.78, 5) is 16.0. The summed E-state index contributed by atoms with van der Waals surface area (Å²) in [6.45, 7) is 0.312. The topological polar surface area (TPSA) is 69.7 Å². The molecule has 0 aliphatic carbocycles. The molecule has 138 valence electrons. The highest BCUT2D eigenvalue weighted by Crippen LogP contribution is 2.23. The van der Waals surface area contributed by atoms with E-state index < -0.39 is 0 Å².